The highest BCUT2D eigenvalue weighted by Gasteiger charge is 2.26. The van der Waals surface area contributed by atoms with Gasteiger partial charge >= 0.3 is 0 Å². The number of para-hydroxylation sites is 2. The molecule has 0 saturated carbocycles. The fraction of sp³-hybridized carbons (Fsp3) is 0.217. The number of aryl methyl sites for hydroxylation is 1. The van der Waals surface area contributed by atoms with E-state index in [1.165, 1.54) is 0 Å². The van der Waals surface area contributed by atoms with Gasteiger partial charge in [-0.15, -0.1) is 0 Å². The van der Waals surface area contributed by atoms with Crippen molar-refractivity contribution in [1.29, 1.82) is 0 Å². The van der Waals surface area contributed by atoms with E-state index in [0.717, 1.165) is 11.0 Å². The number of hydrogen-bond acceptors (Lipinski definition) is 6. The largest absolute Gasteiger partial charge is 0.463 e. The SMILES string of the molecule is Cc1noc2nc(-c3ccco3)cc(C(=O)NC(c3nc4ccccc4[nH]3)C(C)C)c12. The Hall–Kier alpha value is -3.94. The number of aromatic nitrogens is 4. The molecule has 1 aromatic carbocycles. The summed E-state index contributed by atoms with van der Waals surface area (Å²) in [6.45, 7) is 5.87. The van der Waals surface area contributed by atoms with Crippen molar-refractivity contribution in [2.45, 2.75) is 26.8 Å². The minimum absolute atomic E-state index is 0.106. The molecule has 1 amide bonds. The molecule has 0 aliphatic carbocycles. The van der Waals surface area contributed by atoms with Gasteiger partial charge in [0.25, 0.3) is 11.6 Å². The van der Waals surface area contributed by atoms with Crippen LogP contribution in [0, 0.1) is 12.8 Å². The quantitative estimate of drug-likeness (QED) is 0.427. The third kappa shape index (κ3) is 3.35. The van der Waals surface area contributed by atoms with Gasteiger partial charge < -0.3 is 19.2 Å². The number of H-pyrrole nitrogens is 1. The van der Waals surface area contributed by atoms with Crippen LogP contribution in [0.25, 0.3) is 33.6 Å². The number of hydrogen-bond donors (Lipinski definition) is 2. The van der Waals surface area contributed by atoms with Crippen LogP contribution < -0.4 is 5.32 Å². The molecule has 0 aliphatic rings. The lowest BCUT2D eigenvalue weighted by Crippen LogP contribution is -2.32. The molecule has 0 radical (unpaired) electrons. The van der Waals surface area contributed by atoms with Gasteiger partial charge in [0, 0.05) is 0 Å². The molecule has 1 unspecified atom stereocenters. The van der Waals surface area contributed by atoms with Crippen LogP contribution in [0.4, 0.5) is 0 Å². The zero-order valence-corrected chi connectivity index (χ0v) is 17.3. The Morgan fingerprint density at radius 3 is 2.71 bits per heavy atom. The molecule has 8 heteroatoms. The Bertz CT molecular complexity index is 1350. The van der Waals surface area contributed by atoms with Crippen molar-refractivity contribution in [3.8, 4) is 11.5 Å². The summed E-state index contributed by atoms with van der Waals surface area (Å²) in [7, 11) is 0. The summed E-state index contributed by atoms with van der Waals surface area (Å²) in [4.78, 5) is 25.9. The van der Waals surface area contributed by atoms with Crippen molar-refractivity contribution in [1.82, 2.24) is 25.4 Å². The maximum atomic E-state index is 13.5. The van der Waals surface area contributed by atoms with E-state index in [1.807, 2.05) is 38.1 Å². The molecule has 0 bridgehead atoms. The second-order valence-corrected chi connectivity index (χ2v) is 7.81. The molecule has 5 aromatic rings. The van der Waals surface area contributed by atoms with E-state index in [9.17, 15) is 4.79 Å². The second-order valence-electron chi connectivity index (χ2n) is 7.81. The van der Waals surface area contributed by atoms with E-state index in [4.69, 9.17) is 8.94 Å². The summed E-state index contributed by atoms with van der Waals surface area (Å²) in [5.74, 6) is 1.10. The minimum atomic E-state index is -0.310. The lowest BCUT2D eigenvalue weighted by molar-refractivity contribution is 0.0925. The van der Waals surface area contributed by atoms with Crippen LogP contribution in [-0.2, 0) is 0 Å². The molecular formula is C23H21N5O3. The number of carbonyl (C=O) groups is 1. The van der Waals surface area contributed by atoms with Gasteiger partial charge in [-0.05, 0) is 43.2 Å². The van der Waals surface area contributed by atoms with E-state index in [1.54, 1.807) is 31.4 Å². The normalized spacial score (nSPS) is 12.6. The fourth-order valence-corrected chi connectivity index (χ4v) is 3.71. The Balaban J connectivity index is 1.56. The molecule has 0 aliphatic heterocycles. The number of imidazole rings is 1. The first-order chi connectivity index (χ1) is 15.0. The Morgan fingerprint density at radius 2 is 1.97 bits per heavy atom. The Morgan fingerprint density at radius 1 is 1.13 bits per heavy atom. The zero-order valence-electron chi connectivity index (χ0n) is 17.3. The van der Waals surface area contributed by atoms with Gasteiger partial charge in [0.1, 0.15) is 11.5 Å². The number of nitrogens with one attached hydrogen (secondary N) is 2. The molecule has 2 N–H and O–H groups in total. The maximum Gasteiger partial charge on any atom is 0.259 e. The van der Waals surface area contributed by atoms with Crippen LogP contribution in [0.1, 0.15) is 41.8 Å². The number of furan rings is 1. The summed E-state index contributed by atoms with van der Waals surface area (Å²) in [6, 6.07) is 12.7. The number of pyridine rings is 1. The number of benzene rings is 1. The van der Waals surface area contributed by atoms with E-state index < -0.39 is 0 Å². The van der Waals surface area contributed by atoms with Gasteiger partial charge in [-0.2, -0.15) is 0 Å². The first-order valence-electron chi connectivity index (χ1n) is 10.1. The van der Waals surface area contributed by atoms with Gasteiger partial charge in [-0.3, -0.25) is 4.79 Å². The maximum absolute atomic E-state index is 13.5. The molecule has 4 aromatic heterocycles. The van der Waals surface area contributed by atoms with Crippen molar-refractivity contribution in [2.24, 2.45) is 5.92 Å². The van der Waals surface area contributed by atoms with Crippen molar-refractivity contribution < 1.29 is 13.7 Å². The third-order valence-corrected chi connectivity index (χ3v) is 5.29. The van der Waals surface area contributed by atoms with Crippen molar-refractivity contribution in [3.63, 3.8) is 0 Å². The standard InChI is InChI=1S/C23H21N5O3/c1-12(2)20(21-24-15-7-4-5-8-16(15)25-21)27-22(29)14-11-17(18-9-6-10-30-18)26-23-19(14)13(3)28-31-23/h4-12,20H,1-3H3,(H,24,25)(H,27,29). The molecule has 0 fully saturated rings. The number of aromatic amines is 1. The summed E-state index contributed by atoms with van der Waals surface area (Å²) in [6.07, 6.45) is 1.56. The van der Waals surface area contributed by atoms with Crippen LogP contribution in [0.15, 0.2) is 57.7 Å². The topological polar surface area (TPSA) is 110 Å². The predicted molar refractivity (Wildman–Crippen MR) is 115 cm³/mol. The van der Waals surface area contributed by atoms with Crippen molar-refractivity contribution >= 4 is 28.0 Å². The molecule has 1 atom stereocenters. The van der Waals surface area contributed by atoms with Crippen LogP contribution >= 0.6 is 0 Å². The third-order valence-electron chi connectivity index (χ3n) is 5.29. The van der Waals surface area contributed by atoms with E-state index >= 15 is 0 Å². The average Bonchev–Trinajstić information content (AvgIpc) is 3.50. The molecule has 0 spiro atoms. The lowest BCUT2D eigenvalue weighted by atomic mass is 10.0. The summed E-state index contributed by atoms with van der Waals surface area (Å²) in [5, 5.41) is 7.71. The zero-order chi connectivity index (χ0) is 21.5. The number of carbonyl (C=O) groups excluding carboxylic acids is 1. The monoisotopic (exact) mass is 415 g/mol. The van der Waals surface area contributed by atoms with E-state index in [-0.39, 0.29) is 17.9 Å². The molecule has 8 nitrogen and oxygen atoms in total. The highest BCUT2D eigenvalue weighted by Crippen LogP contribution is 2.29. The molecule has 156 valence electrons. The van der Waals surface area contributed by atoms with Gasteiger partial charge in [0.05, 0.1) is 40.0 Å². The van der Waals surface area contributed by atoms with Crippen LogP contribution in [0.3, 0.4) is 0 Å². The number of amides is 1. The van der Waals surface area contributed by atoms with Crippen LogP contribution in [0.5, 0.6) is 0 Å². The number of nitrogens with zero attached hydrogens (tertiary/aromatic N) is 3. The van der Waals surface area contributed by atoms with Crippen molar-refractivity contribution in [2.75, 3.05) is 0 Å². The van der Waals surface area contributed by atoms with Gasteiger partial charge in [-0.1, -0.05) is 31.1 Å². The van der Waals surface area contributed by atoms with E-state index in [0.29, 0.717) is 39.6 Å². The average molecular weight is 415 g/mol. The van der Waals surface area contributed by atoms with Gasteiger partial charge in [0.15, 0.2) is 5.76 Å². The molecule has 4 heterocycles. The van der Waals surface area contributed by atoms with Gasteiger partial charge in [-0.25, -0.2) is 9.97 Å². The van der Waals surface area contributed by atoms with Gasteiger partial charge in [0.2, 0.25) is 0 Å². The minimum Gasteiger partial charge on any atom is -0.463 e. The van der Waals surface area contributed by atoms with Crippen LogP contribution in [-0.4, -0.2) is 26.0 Å². The Labute approximate surface area is 177 Å². The van der Waals surface area contributed by atoms with E-state index in [2.05, 4.69) is 25.4 Å². The highest BCUT2D eigenvalue weighted by atomic mass is 16.5. The molecular weight excluding hydrogens is 394 g/mol. The first-order valence-corrected chi connectivity index (χ1v) is 10.1. The molecule has 0 saturated heterocycles. The van der Waals surface area contributed by atoms with Crippen molar-refractivity contribution in [3.05, 3.63) is 65.8 Å². The molecule has 31 heavy (non-hydrogen) atoms. The lowest BCUT2D eigenvalue weighted by Gasteiger charge is -2.20. The number of rotatable bonds is 5. The summed E-state index contributed by atoms with van der Waals surface area (Å²) >= 11 is 0. The fourth-order valence-electron chi connectivity index (χ4n) is 3.71. The second kappa shape index (κ2) is 7.39. The Kier molecular flexibility index (Phi) is 4.54. The summed E-state index contributed by atoms with van der Waals surface area (Å²) < 4.78 is 10.8. The predicted octanol–water partition coefficient (Wildman–Crippen LogP) is 4.79. The number of fused-ring (bicyclic) bond motifs is 2. The first kappa shape index (κ1) is 19.0. The van der Waals surface area contributed by atoms with Crippen LogP contribution in [0.2, 0.25) is 0 Å². The molecule has 5 rings (SSSR count). The highest BCUT2D eigenvalue weighted by molar-refractivity contribution is 6.07. The summed E-state index contributed by atoms with van der Waals surface area (Å²) in [5.41, 5.74) is 3.61. The smallest absolute Gasteiger partial charge is 0.259 e.